The smallest absolute Gasteiger partial charge is 0.312 e. The highest BCUT2D eigenvalue weighted by atomic mass is 32.2. The van der Waals surface area contributed by atoms with Gasteiger partial charge in [0.2, 0.25) is 15.9 Å². The summed E-state index contributed by atoms with van der Waals surface area (Å²) in [7, 11) is -3.35. The highest BCUT2D eigenvalue weighted by molar-refractivity contribution is 7.89. The quantitative estimate of drug-likeness (QED) is 0.859. The zero-order chi connectivity index (χ0) is 15.9. The first-order valence-corrected chi connectivity index (χ1v) is 8.61. The van der Waals surface area contributed by atoms with Crippen LogP contribution >= 0.6 is 0 Å². The molecule has 0 aromatic heterocycles. The van der Waals surface area contributed by atoms with Crippen molar-refractivity contribution in [2.24, 2.45) is 0 Å². The average molecular weight is 324 g/mol. The molecule has 0 bridgehead atoms. The first-order chi connectivity index (χ1) is 10.4. The Hall–Kier alpha value is -1.93. The molecule has 22 heavy (non-hydrogen) atoms. The van der Waals surface area contributed by atoms with Crippen LogP contribution in [0.15, 0.2) is 24.3 Å². The molecular formula is C14H16N2O5S. The number of hydrogen-bond acceptors (Lipinski definition) is 4. The normalized spacial score (nSPS) is 23.5. The third kappa shape index (κ3) is 2.48. The molecule has 0 spiro atoms. The monoisotopic (exact) mass is 324 g/mol. The van der Waals surface area contributed by atoms with Gasteiger partial charge in [0.25, 0.3) is 0 Å². The van der Waals surface area contributed by atoms with E-state index in [1.54, 1.807) is 24.3 Å². The number of carboxylic acids is 1. The maximum absolute atomic E-state index is 12.4. The van der Waals surface area contributed by atoms with Crippen molar-refractivity contribution in [1.82, 2.24) is 4.31 Å². The van der Waals surface area contributed by atoms with E-state index in [1.165, 1.54) is 9.21 Å². The van der Waals surface area contributed by atoms with Crippen LogP contribution in [-0.2, 0) is 19.6 Å². The van der Waals surface area contributed by atoms with Gasteiger partial charge in [-0.2, -0.15) is 4.31 Å². The lowest BCUT2D eigenvalue weighted by Crippen LogP contribution is -2.41. The van der Waals surface area contributed by atoms with Crippen molar-refractivity contribution in [2.75, 3.05) is 30.3 Å². The summed E-state index contributed by atoms with van der Waals surface area (Å²) in [6, 6.07) is 6.84. The van der Waals surface area contributed by atoms with E-state index in [2.05, 4.69) is 0 Å². The third-order valence-corrected chi connectivity index (χ3v) is 5.99. The van der Waals surface area contributed by atoms with Crippen molar-refractivity contribution < 1.29 is 23.1 Å². The maximum Gasteiger partial charge on any atom is 0.312 e. The molecular weight excluding hydrogens is 308 g/mol. The van der Waals surface area contributed by atoms with Crippen molar-refractivity contribution in [3.63, 3.8) is 0 Å². The Morgan fingerprint density at radius 1 is 1.27 bits per heavy atom. The maximum atomic E-state index is 12.4. The second-order valence-electron chi connectivity index (χ2n) is 5.46. The number of anilines is 1. The number of sulfonamides is 1. The molecule has 2 aliphatic rings. The number of carbonyl (C=O) groups excluding carboxylic acids is 1. The van der Waals surface area contributed by atoms with Crippen LogP contribution < -0.4 is 4.90 Å². The van der Waals surface area contributed by atoms with Gasteiger partial charge < -0.3 is 10.0 Å². The van der Waals surface area contributed by atoms with E-state index < -0.39 is 21.9 Å². The minimum absolute atomic E-state index is 0.0431. The molecule has 1 N–H and O–H groups in total. The molecule has 1 amide bonds. The first-order valence-electron chi connectivity index (χ1n) is 7.00. The first kappa shape index (κ1) is 15.0. The Kier molecular flexibility index (Phi) is 3.65. The number of carbonyl (C=O) groups is 2. The van der Waals surface area contributed by atoms with Crippen molar-refractivity contribution in [3.05, 3.63) is 29.8 Å². The minimum Gasteiger partial charge on any atom is -0.481 e. The summed E-state index contributed by atoms with van der Waals surface area (Å²) in [5.41, 5.74) is 1.14. The van der Waals surface area contributed by atoms with E-state index in [9.17, 15) is 23.1 Å². The van der Waals surface area contributed by atoms with Gasteiger partial charge in [0.15, 0.2) is 0 Å². The van der Waals surface area contributed by atoms with Gasteiger partial charge >= 0.3 is 5.97 Å². The number of carboxylic acid groups (broad SMARTS) is 1. The fourth-order valence-electron chi connectivity index (χ4n) is 2.96. The van der Waals surface area contributed by atoms with Crippen molar-refractivity contribution in [1.29, 1.82) is 0 Å². The molecule has 118 valence electrons. The molecule has 0 saturated carbocycles. The van der Waals surface area contributed by atoms with E-state index in [0.29, 0.717) is 24.2 Å². The minimum atomic E-state index is -3.35. The Labute approximate surface area is 128 Å². The summed E-state index contributed by atoms with van der Waals surface area (Å²) in [6.07, 6.45) is 0.518. The van der Waals surface area contributed by atoms with E-state index in [1.807, 2.05) is 0 Å². The topological polar surface area (TPSA) is 95.0 Å². The number of fused-ring (bicyclic) bond motifs is 1. The highest BCUT2D eigenvalue weighted by Crippen LogP contribution is 2.36. The summed E-state index contributed by atoms with van der Waals surface area (Å²) in [4.78, 5) is 25.2. The summed E-state index contributed by atoms with van der Waals surface area (Å²) >= 11 is 0. The predicted molar refractivity (Wildman–Crippen MR) is 79.1 cm³/mol. The van der Waals surface area contributed by atoms with Gasteiger partial charge in [-0.15, -0.1) is 0 Å². The Morgan fingerprint density at radius 2 is 2.00 bits per heavy atom. The Balaban J connectivity index is 1.84. The van der Waals surface area contributed by atoms with Crippen LogP contribution in [0.4, 0.5) is 5.69 Å². The molecule has 1 saturated heterocycles. The standard InChI is InChI=1S/C14H16N2O5S/c17-13(9-15-6-3-7-22(15,20)21)16-8-11(14(18)19)10-4-1-2-5-12(10)16/h1-2,4-5,11H,3,6-9H2,(H,18,19). The van der Waals surface area contributed by atoms with Gasteiger partial charge in [0, 0.05) is 18.8 Å². The van der Waals surface area contributed by atoms with Crippen LogP contribution in [0.25, 0.3) is 0 Å². The Bertz CT molecular complexity index is 731. The van der Waals surface area contributed by atoms with E-state index in [-0.39, 0.29) is 24.7 Å². The van der Waals surface area contributed by atoms with Crippen LogP contribution in [0, 0.1) is 0 Å². The molecule has 1 unspecified atom stereocenters. The fourth-order valence-corrected chi connectivity index (χ4v) is 4.43. The number of para-hydroxylation sites is 1. The van der Waals surface area contributed by atoms with Crippen LogP contribution in [0.5, 0.6) is 0 Å². The largest absolute Gasteiger partial charge is 0.481 e. The number of nitrogens with zero attached hydrogens (tertiary/aromatic N) is 2. The second kappa shape index (κ2) is 5.36. The van der Waals surface area contributed by atoms with Crippen LogP contribution in [-0.4, -0.2) is 55.1 Å². The summed E-state index contributed by atoms with van der Waals surface area (Å²) in [6.45, 7) is 0.149. The summed E-state index contributed by atoms with van der Waals surface area (Å²) in [5.74, 6) is -2.08. The lowest BCUT2D eigenvalue weighted by atomic mass is 10.0. The predicted octanol–water partition coefficient (Wildman–Crippen LogP) is 0.237. The van der Waals surface area contributed by atoms with Crippen molar-refractivity contribution in [3.8, 4) is 0 Å². The number of rotatable bonds is 3. The van der Waals surface area contributed by atoms with Crippen LogP contribution in [0.1, 0.15) is 17.9 Å². The SMILES string of the molecule is O=C(O)C1CN(C(=O)CN2CCCS2(=O)=O)c2ccccc21. The molecule has 1 aromatic carbocycles. The van der Waals surface area contributed by atoms with Gasteiger partial charge in [-0.05, 0) is 18.1 Å². The zero-order valence-electron chi connectivity index (χ0n) is 11.8. The lowest BCUT2D eigenvalue weighted by Gasteiger charge is -2.21. The number of hydrogen-bond donors (Lipinski definition) is 1. The number of benzene rings is 1. The van der Waals surface area contributed by atoms with Crippen LogP contribution in [0.2, 0.25) is 0 Å². The molecule has 0 aliphatic carbocycles. The molecule has 8 heteroatoms. The van der Waals surface area contributed by atoms with Gasteiger partial charge in [0.1, 0.15) is 5.92 Å². The van der Waals surface area contributed by atoms with Crippen molar-refractivity contribution >= 4 is 27.6 Å². The number of amides is 1. The Morgan fingerprint density at radius 3 is 2.64 bits per heavy atom. The van der Waals surface area contributed by atoms with Crippen molar-refractivity contribution in [2.45, 2.75) is 12.3 Å². The molecule has 1 aromatic rings. The molecule has 2 heterocycles. The lowest BCUT2D eigenvalue weighted by molar-refractivity contribution is -0.138. The molecule has 0 radical (unpaired) electrons. The van der Waals surface area contributed by atoms with Gasteiger partial charge in [-0.25, -0.2) is 8.42 Å². The third-order valence-electron chi connectivity index (χ3n) is 4.08. The van der Waals surface area contributed by atoms with Gasteiger partial charge in [0.05, 0.1) is 12.3 Å². The average Bonchev–Trinajstić information content (AvgIpc) is 3.00. The van der Waals surface area contributed by atoms with E-state index in [4.69, 9.17) is 0 Å². The van der Waals surface area contributed by atoms with Crippen LogP contribution in [0.3, 0.4) is 0 Å². The summed E-state index contributed by atoms with van der Waals surface area (Å²) in [5, 5.41) is 9.28. The number of aliphatic carboxylic acids is 1. The molecule has 7 nitrogen and oxygen atoms in total. The molecule has 1 fully saturated rings. The van der Waals surface area contributed by atoms with E-state index in [0.717, 1.165) is 0 Å². The molecule has 3 rings (SSSR count). The van der Waals surface area contributed by atoms with E-state index >= 15 is 0 Å². The highest BCUT2D eigenvalue weighted by Gasteiger charge is 2.38. The molecule has 1 atom stereocenters. The fraction of sp³-hybridized carbons (Fsp3) is 0.429. The summed E-state index contributed by atoms with van der Waals surface area (Å²) < 4.78 is 24.8. The molecule has 2 aliphatic heterocycles. The zero-order valence-corrected chi connectivity index (χ0v) is 12.6. The van der Waals surface area contributed by atoms with Gasteiger partial charge in [-0.1, -0.05) is 18.2 Å². The van der Waals surface area contributed by atoms with Gasteiger partial charge in [-0.3, -0.25) is 9.59 Å². The second-order valence-corrected chi connectivity index (χ2v) is 7.55.